The number of aliphatic hydroxyl groups is 1. The van der Waals surface area contributed by atoms with Gasteiger partial charge in [0.25, 0.3) is 5.69 Å². The number of fused-ring (bicyclic) bond motifs is 1. The van der Waals surface area contributed by atoms with E-state index in [2.05, 4.69) is 4.98 Å². The van der Waals surface area contributed by atoms with E-state index >= 15 is 0 Å². The summed E-state index contributed by atoms with van der Waals surface area (Å²) in [6.07, 6.45) is 0.240. The zero-order valence-electron chi connectivity index (χ0n) is 13.7. The molecule has 0 aliphatic heterocycles. The zero-order chi connectivity index (χ0) is 18.3. The summed E-state index contributed by atoms with van der Waals surface area (Å²) in [6.45, 7) is 1.72. The van der Waals surface area contributed by atoms with Crippen molar-refractivity contribution >= 4 is 16.5 Å². The number of rotatable bonds is 4. The Morgan fingerprint density at radius 2 is 1.96 bits per heavy atom. The third-order valence-corrected chi connectivity index (χ3v) is 4.18. The van der Waals surface area contributed by atoms with E-state index in [1.54, 1.807) is 13.0 Å². The van der Waals surface area contributed by atoms with Crippen LogP contribution in [0.1, 0.15) is 23.3 Å². The minimum absolute atomic E-state index is 0.0386. The molecule has 0 saturated carbocycles. The summed E-state index contributed by atoms with van der Waals surface area (Å²) < 4.78 is 11.2. The average Bonchev–Trinajstić information content (AvgIpc) is 3.25. The topological polar surface area (TPSA) is 103 Å². The predicted molar refractivity (Wildman–Crippen MR) is 93.6 cm³/mol. The molecule has 0 aliphatic carbocycles. The number of oxazole rings is 1. The van der Waals surface area contributed by atoms with Crippen LogP contribution >= 0.6 is 0 Å². The Kier molecular flexibility index (Phi) is 3.78. The Balaban J connectivity index is 1.74. The normalized spacial score (nSPS) is 12.4. The lowest BCUT2D eigenvalue weighted by atomic mass is 10.1. The lowest BCUT2D eigenvalue weighted by Crippen LogP contribution is -2.01. The van der Waals surface area contributed by atoms with Crippen LogP contribution in [0.5, 0.6) is 0 Å². The van der Waals surface area contributed by atoms with E-state index in [0.29, 0.717) is 28.1 Å². The second-order valence-corrected chi connectivity index (χ2v) is 5.86. The van der Waals surface area contributed by atoms with Crippen molar-refractivity contribution in [2.45, 2.75) is 13.0 Å². The number of nitro benzene ring substituents is 1. The first-order valence-corrected chi connectivity index (χ1v) is 7.91. The second-order valence-electron chi connectivity index (χ2n) is 5.86. The highest BCUT2D eigenvalue weighted by molar-refractivity contribution is 5.86. The Morgan fingerprint density at radius 3 is 2.69 bits per heavy atom. The van der Waals surface area contributed by atoms with Crippen molar-refractivity contribution in [3.8, 4) is 11.5 Å². The average molecular weight is 350 g/mol. The Labute approximate surface area is 147 Å². The van der Waals surface area contributed by atoms with Crippen LogP contribution in [0.3, 0.4) is 0 Å². The standard InChI is InChI=1S/C19H14N2O5/c1-11-16(20-19(26-11)12-5-3-2-4-6-12)17(22)18-15-8-7-14(21(23)24)9-13(15)10-25-18/h2-10,17,22H,1H3. The van der Waals surface area contributed by atoms with Gasteiger partial charge in [-0.15, -0.1) is 0 Å². The monoisotopic (exact) mass is 350 g/mol. The van der Waals surface area contributed by atoms with Gasteiger partial charge in [0.2, 0.25) is 5.89 Å². The fourth-order valence-electron chi connectivity index (χ4n) is 2.88. The lowest BCUT2D eigenvalue weighted by Gasteiger charge is -2.05. The van der Waals surface area contributed by atoms with Gasteiger partial charge >= 0.3 is 0 Å². The molecular weight excluding hydrogens is 336 g/mol. The number of aliphatic hydroxyl groups excluding tert-OH is 1. The van der Waals surface area contributed by atoms with Crippen molar-refractivity contribution in [1.82, 2.24) is 4.98 Å². The molecule has 7 heteroatoms. The van der Waals surface area contributed by atoms with E-state index in [9.17, 15) is 15.2 Å². The first kappa shape index (κ1) is 16.0. The summed E-state index contributed by atoms with van der Waals surface area (Å²) >= 11 is 0. The van der Waals surface area contributed by atoms with E-state index in [4.69, 9.17) is 8.83 Å². The Morgan fingerprint density at radius 1 is 1.19 bits per heavy atom. The van der Waals surface area contributed by atoms with Gasteiger partial charge in [0.1, 0.15) is 17.2 Å². The van der Waals surface area contributed by atoms with Crippen LogP contribution in [0, 0.1) is 17.0 Å². The minimum Gasteiger partial charge on any atom is -0.465 e. The second kappa shape index (κ2) is 6.12. The molecule has 0 aliphatic rings. The van der Waals surface area contributed by atoms with E-state index in [1.165, 1.54) is 18.4 Å². The summed E-state index contributed by atoms with van der Waals surface area (Å²) in [5.41, 5.74) is 1.11. The van der Waals surface area contributed by atoms with Crippen molar-refractivity contribution in [1.29, 1.82) is 0 Å². The third-order valence-electron chi connectivity index (χ3n) is 4.18. The molecule has 4 aromatic rings. The van der Waals surface area contributed by atoms with Crippen molar-refractivity contribution in [3.63, 3.8) is 0 Å². The molecule has 26 heavy (non-hydrogen) atoms. The maximum Gasteiger partial charge on any atom is 0.270 e. The van der Waals surface area contributed by atoms with Gasteiger partial charge < -0.3 is 13.9 Å². The van der Waals surface area contributed by atoms with Gasteiger partial charge in [-0.1, -0.05) is 18.2 Å². The van der Waals surface area contributed by atoms with Gasteiger partial charge in [0.15, 0.2) is 6.10 Å². The van der Waals surface area contributed by atoms with E-state index in [0.717, 1.165) is 5.56 Å². The van der Waals surface area contributed by atoms with Gasteiger partial charge in [-0.25, -0.2) is 4.98 Å². The molecule has 130 valence electrons. The fourth-order valence-corrected chi connectivity index (χ4v) is 2.88. The number of furan rings is 1. The molecule has 0 radical (unpaired) electrons. The number of benzene rings is 2. The first-order valence-electron chi connectivity index (χ1n) is 7.91. The van der Waals surface area contributed by atoms with Crippen LogP contribution in [0.25, 0.3) is 22.2 Å². The molecule has 0 bridgehead atoms. The van der Waals surface area contributed by atoms with E-state index in [-0.39, 0.29) is 11.4 Å². The van der Waals surface area contributed by atoms with Crippen LogP contribution in [0.4, 0.5) is 5.69 Å². The van der Waals surface area contributed by atoms with Crippen molar-refractivity contribution in [3.05, 3.63) is 82.1 Å². The van der Waals surface area contributed by atoms with Gasteiger partial charge in [-0.2, -0.15) is 0 Å². The molecule has 1 atom stereocenters. The largest absolute Gasteiger partial charge is 0.465 e. The highest BCUT2D eigenvalue weighted by Gasteiger charge is 2.25. The number of hydrogen-bond donors (Lipinski definition) is 1. The molecule has 0 fully saturated rings. The molecule has 0 amide bonds. The molecule has 0 saturated heterocycles. The Bertz CT molecular complexity index is 1100. The molecule has 2 heterocycles. The number of aryl methyl sites for hydroxylation is 1. The maximum absolute atomic E-state index is 10.9. The first-order chi connectivity index (χ1) is 12.5. The minimum atomic E-state index is -1.14. The van der Waals surface area contributed by atoms with Crippen LogP contribution in [0.2, 0.25) is 0 Å². The number of aromatic nitrogens is 1. The van der Waals surface area contributed by atoms with E-state index < -0.39 is 11.0 Å². The van der Waals surface area contributed by atoms with Crippen LogP contribution in [0.15, 0.2) is 63.6 Å². The molecule has 1 N–H and O–H groups in total. The van der Waals surface area contributed by atoms with Crippen LogP contribution in [-0.2, 0) is 0 Å². The summed E-state index contributed by atoms with van der Waals surface area (Å²) in [7, 11) is 0. The van der Waals surface area contributed by atoms with Crippen molar-refractivity contribution < 1.29 is 18.9 Å². The number of non-ortho nitro benzene ring substituents is 1. The number of nitro groups is 1. The van der Waals surface area contributed by atoms with Gasteiger partial charge in [-0.05, 0) is 25.1 Å². The summed E-state index contributed by atoms with van der Waals surface area (Å²) in [4.78, 5) is 14.8. The predicted octanol–water partition coefficient (Wildman–Crippen LogP) is 4.39. The quantitative estimate of drug-likeness (QED) is 0.432. The number of nitrogens with zero attached hydrogens (tertiary/aromatic N) is 2. The van der Waals surface area contributed by atoms with Crippen LogP contribution in [-0.4, -0.2) is 15.0 Å². The molecular formula is C19H14N2O5. The molecule has 0 spiro atoms. The van der Waals surface area contributed by atoms with Crippen LogP contribution < -0.4 is 0 Å². The van der Waals surface area contributed by atoms with Gasteiger partial charge in [0, 0.05) is 28.5 Å². The van der Waals surface area contributed by atoms with Gasteiger partial charge in [-0.3, -0.25) is 10.1 Å². The highest BCUT2D eigenvalue weighted by Crippen LogP contribution is 2.34. The smallest absolute Gasteiger partial charge is 0.270 e. The SMILES string of the molecule is Cc1oc(-c2ccccc2)nc1C(O)c1occ2cc([N+](=O)[O-])ccc12. The molecule has 2 aromatic carbocycles. The molecule has 2 aromatic heterocycles. The fraction of sp³-hybridized carbons (Fsp3) is 0.105. The summed E-state index contributed by atoms with van der Waals surface area (Å²) in [5, 5.41) is 22.8. The van der Waals surface area contributed by atoms with Gasteiger partial charge in [0.05, 0.1) is 11.2 Å². The molecule has 1 unspecified atom stereocenters. The Hall–Kier alpha value is -3.45. The molecule has 4 rings (SSSR count). The van der Waals surface area contributed by atoms with Crippen molar-refractivity contribution in [2.24, 2.45) is 0 Å². The summed E-state index contributed by atoms with van der Waals surface area (Å²) in [6, 6.07) is 13.7. The highest BCUT2D eigenvalue weighted by atomic mass is 16.6. The molecule has 7 nitrogen and oxygen atoms in total. The van der Waals surface area contributed by atoms with E-state index in [1.807, 2.05) is 30.3 Å². The zero-order valence-corrected chi connectivity index (χ0v) is 13.7. The number of hydrogen-bond acceptors (Lipinski definition) is 6. The third kappa shape index (κ3) is 2.64. The maximum atomic E-state index is 10.9. The lowest BCUT2D eigenvalue weighted by molar-refractivity contribution is -0.384. The summed E-state index contributed by atoms with van der Waals surface area (Å²) in [5.74, 6) is 1.15. The van der Waals surface area contributed by atoms with Crippen molar-refractivity contribution in [2.75, 3.05) is 0 Å².